The molecule has 0 aliphatic heterocycles. The SMILES string of the molecule is N#Cc1cc(-n2c3ccccc3c3cc(C(F)(F)F)ccc32)c(-c2ccncc2)c(-n2c3ccccc3c3cc(C(F)(F)F)ccc32)c1. The van der Waals surface area contributed by atoms with Crippen LogP contribution in [0.4, 0.5) is 26.3 Å². The molecule has 5 aromatic carbocycles. The third kappa shape index (κ3) is 4.50. The van der Waals surface area contributed by atoms with Crippen molar-refractivity contribution >= 4 is 43.6 Å². The second-order valence-electron chi connectivity index (χ2n) is 11.4. The smallest absolute Gasteiger partial charge is 0.308 e. The van der Waals surface area contributed by atoms with E-state index in [1.807, 2.05) is 9.13 Å². The molecule has 0 spiro atoms. The summed E-state index contributed by atoms with van der Waals surface area (Å²) in [5.74, 6) is 0. The molecule has 0 atom stereocenters. The molecular formula is C38H20F6N4. The molecule has 0 aliphatic carbocycles. The van der Waals surface area contributed by atoms with Crippen LogP contribution in [0.5, 0.6) is 0 Å². The highest BCUT2D eigenvalue weighted by Crippen LogP contribution is 2.44. The first kappa shape index (κ1) is 29.3. The van der Waals surface area contributed by atoms with E-state index in [1.165, 1.54) is 12.1 Å². The van der Waals surface area contributed by atoms with Crippen LogP contribution in [-0.2, 0) is 12.4 Å². The fourth-order valence-electron chi connectivity index (χ4n) is 6.66. The molecule has 0 unspecified atom stereocenters. The maximum absolute atomic E-state index is 13.9. The Morgan fingerprint density at radius 3 is 1.40 bits per heavy atom. The van der Waals surface area contributed by atoms with E-state index in [-0.39, 0.29) is 5.56 Å². The lowest BCUT2D eigenvalue weighted by Gasteiger charge is -2.21. The minimum atomic E-state index is -4.56. The quantitative estimate of drug-likeness (QED) is 0.179. The average Bonchev–Trinajstić information content (AvgIpc) is 3.59. The van der Waals surface area contributed by atoms with E-state index in [0.29, 0.717) is 66.1 Å². The Morgan fingerprint density at radius 2 is 0.958 bits per heavy atom. The number of hydrogen-bond acceptors (Lipinski definition) is 2. The molecule has 3 heterocycles. The predicted octanol–water partition coefficient (Wildman–Crippen LogP) is 10.9. The number of nitriles is 1. The van der Waals surface area contributed by atoms with Crippen molar-refractivity contribution in [2.45, 2.75) is 12.4 Å². The van der Waals surface area contributed by atoms with Gasteiger partial charge in [0.25, 0.3) is 0 Å². The number of benzene rings is 5. The number of rotatable bonds is 3. The zero-order valence-electron chi connectivity index (χ0n) is 24.6. The summed E-state index contributed by atoms with van der Waals surface area (Å²) >= 11 is 0. The van der Waals surface area contributed by atoms with E-state index in [1.54, 1.807) is 85.2 Å². The monoisotopic (exact) mass is 646 g/mol. The first-order chi connectivity index (χ1) is 23.0. The van der Waals surface area contributed by atoms with Crippen LogP contribution in [0.2, 0.25) is 0 Å². The number of hydrogen-bond donors (Lipinski definition) is 0. The summed E-state index contributed by atoms with van der Waals surface area (Å²) in [5.41, 5.74) is 3.13. The summed E-state index contributed by atoms with van der Waals surface area (Å²) in [6, 6.07) is 30.5. The summed E-state index contributed by atoms with van der Waals surface area (Å²) in [7, 11) is 0. The fraction of sp³-hybridized carbons (Fsp3) is 0.0526. The van der Waals surface area contributed by atoms with Gasteiger partial charge in [-0.2, -0.15) is 31.6 Å². The summed E-state index contributed by atoms with van der Waals surface area (Å²) in [4.78, 5) is 4.18. The van der Waals surface area contributed by atoms with Crippen LogP contribution in [0, 0.1) is 11.3 Å². The van der Waals surface area contributed by atoms with Gasteiger partial charge in [0.15, 0.2) is 0 Å². The molecule has 0 saturated carbocycles. The molecule has 0 amide bonds. The van der Waals surface area contributed by atoms with Gasteiger partial charge in [-0.15, -0.1) is 0 Å². The predicted molar refractivity (Wildman–Crippen MR) is 173 cm³/mol. The zero-order chi connectivity index (χ0) is 33.4. The summed E-state index contributed by atoms with van der Waals surface area (Å²) in [6.07, 6.45) is -5.92. The van der Waals surface area contributed by atoms with Gasteiger partial charge in [-0.05, 0) is 78.4 Å². The van der Waals surface area contributed by atoms with Crippen molar-refractivity contribution in [1.29, 1.82) is 5.26 Å². The van der Waals surface area contributed by atoms with Gasteiger partial charge in [0.05, 0.1) is 56.2 Å². The van der Waals surface area contributed by atoms with Gasteiger partial charge in [-0.3, -0.25) is 4.98 Å². The standard InChI is InChI=1S/C38H20F6N4/c39-37(40,41)24-9-11-32-28(19-24)26-5-1-3-7-30(26)47(32)34-17-22(21-45)18-35(36(34)23-13-15-46-16-14-23)48-31-8-4-2-6-27(31)29-20-25(38(42,43)44)10-12-33(29)48/h1-20H. The van der Waals surface area contributed by atoms with Crippen LogP contribution in [-0.4, -0.2) is 14.1 Å². The second-order valence-corrected chi connectivity index (χ2v) is 11.4. The van der Waals surface area contributed by atoms with Crippen LogP contribution in [0.15, 0.2) is 122 Å². The molecule has 0 N–H and O–H groups in total. The third-order valence-electron chi connectivity index (χ3n) is 8.68. The Kier molecular flexibility index (Phi) is 6.40. The highest BCUT2D eigenvalue weighted by Gasteiger charge is 2.33. The van der Waals surface area contributed by atoms with E-state index in [0.717, 1.165) is 24.3 Å². The van der Waals surface area contributed by atoms with Crippen molar-refractivity contribution in [2.24, 2.45) is 0 Å². The van der Waals surface area contributed by atoms with Gasteiger partial charge in [0, 0.05) is 39.5 Å². The van der Waals surface area contributed by atoms with Crippen LogP contribution in [0.1, 0.15) is 16.7 Å². The molecule has 8 rings (SSSR count). The lowest BCUT2D eigenvalue weighted by atomic mass is 9.99. The Labute approximate surface area is 268 Å². The molecule has 0 fully saturated rings. The number of fused-ring (bicyclic) bond motifs is 6. The van der Waals surface area contributed by atoms with Gasteiger partial charge < -0.3 is 9.13 Å². The van der Waals surface area contributed by atoms with Crippen molar-refractivity contribution in [1.82, 2.24) is 14.1 Å². The van der Waals surface area contributed by atoms with Gasteiger partial charge in [-0.1, -0.05) is 36.4 Å². The molecule has 0 bridgehead atoms. The van der Waals surface area contributed by atoms with E-state index < -0.39 is 23.5 Å². The summed E-state index contributed by atoms with van der Waals surface area (Å²) in [5, 5.41) is 12.2. The minimum absolute atomic E-state index is 0.244. The number of aromatic nitrogens is 3. The van der Waals surface area contributed by atoms with Crippen molar-refractivity contribution in [3.05, 3.63) is 138 Å². The minimum Gasteiger partial charge on any atom is -0.308 e. The first-order valence-corrected chi connectivity index (χ1v) is 14.7. The number of pyridine rings is 1. The Bertz CT molecular complexity index is 2450. The number of nitrogens with zero attached hydrogens (tertiary/aromatic N) is 4. The maximum Gasteiger partial charge on any atom is 0.416 e. The van der Waals surface area contributed by atoms with E-state index in [9.17, 15) is 31.6 Å². The van der Waals surface area contributed by atoms with E-state index in [4.69, 9.17) is 0 Å². The topological polar surface area (TPSA) is 46.5 Å². The molecule has 0 aliphatic rings. The summed E-state index contributed by atoms with van der Waals surface area (Å²) < 4.78 is 86.9. The molecule has 234 valence electrons. The van der Waals surface area contributed by atoms with Crippen LogP contribution < -0.4 is 0 Å². The summed E-state index contributed by atoms with van der Waals surface area (Å²) in [6.45, 7) is 0. The Balaban J connectivity index is 1.55. The number of para-hydroxylation sites is 2. The van der Waals surface area contributed by atoms with E-state index >= 15 is 0 Å². The van der Waals surface area contributed by atoms with Crippen molar-refractivity contribution in [3.63, 3.8) is 0 Å². The second kappa shape index (κ2) is 10.5. The molecular weight excluding hydrogens is 626 g/mol. The Morgan fingerprint density at radius 1 is 0.521 bits per heavy atom. The number of halogens is 6. The molecule has 3 aromatic heterocycles. The van der Waals surface area contributed by atoms with Crippen molar-refractivity contribution < 1.29 is 26.3 Å². The molecule has 0 radical (unpaired) electrons. The lowest BCUT2D eigenvalue weighted by molar-refractivity contribution is -0.138. The van der Waals surface area contributed by atoms with E-state index in [2.05, 4.69) is 11.1 Å². The van der Waals surface area contributed by atoms with Gasteiger partial charge in [0.1, 0.15) is 0 Å². The van der Waals surface area contributed by atoms with Gasteiger partial charge in [0.2, 0.25) is 0 Å². The molecule has 8 aromatic rings. The third-order valence-corrected chi connectivity index (χ3v) is 8.68. The van der Waals surface area contributed by atoms with Crippen molar-refractivity contribution in [2.75, 3.05) is 0 Å². The molecule has 4 nitrogen and oxygen atoms in total. The fourth-order valence-corrected chi connectivity index (χ4v) is 6.66. The first-order valence-electron chi connectivity index (χ1n) is 14.7. The largest absolute Gasteiger partial charge is 0.416 e. The highest BCUT2D eigenvalue weighted by atomic mass is 19.4. The average molecular weight is 647 g/mol. The molecule has 48 heavy (non-hydrogen) atoms. The van der Waals surface area contributed by atoms with Crippen LogP contribution in [0.25, 0.3) is 66.1 Å². The highest BCUT2D eigenvalue weighted by molar-refractivity contribution is 6.12. The Hall–Kier alpha value is -6.08. The maximum atomic E-state index is 13.9. The van der Waals surface area contributed by atoms with Gasteiger partial charge in [-0.25, -0.2) is 0 Å². The number of alkyl halides is 6. The van der Waals surface area contributed by atoms with Crippen molar-refractivity contribution in [3.8, 4) is 28.6 Å². The molecule has 10 heteroatoms. The van der Waals surface area contributed by atoms with Crippen LogP contribution in [0.3, 0.4) is 0 Å². The zero-order valence-corrected chi connectivity index (χ0v) is 24.6. The van der Waals surface area contributed by atoms with Gasteiger partial charge >= 0.3 is 12.4 Å². The lowest BCUT2D eigenvalue weighted by Crippen LogP contribution is -2.06. The normalized spacial score (nSPS) is 12.4. The van der Waals surface area contributed by atoms with Crippen LogP contribution >= 0.6 is 0 Å². The molecule has 0 saturated heterocycles.